The van der Waals surface area contributed by atoms with Crippen LogP contribution in [-0.2, 0) is 0 Å². The molecule has 0 unspecified atom stereocenters. The number of hydrazone groups is 1. The molecule has 0 spiro atoms. The first kappa shape index (κ1) is 20.9. The van der Waals surface area contributed by atoms with Crippen LogP contribution in [0, 0.1) is 6.92 Å². The van der Waals surface area contributed by atoms with Crippen molar-refractivity contribution in [3.8, 4) is 23.0 Å². The van der Waals surface area contributed by atoms with E-state index in [1.165, 1.54) is 13.3 Å². The first-order valence-electron chi connectivity index (χ1n) is 9.73. The van der Waals surface area contributed by atoms with Crippen LogP contribution in [0.5, 0.6) is 23.0 Å². The van der Waals surface area contributed by atoms with Gasteiger partial charge in [-0.15, -0.1) is 0 Å². The van der Waals surface area contributed by atoms with Gasteiger partial charge in [0, 0.05) is 5.56 Å². The molecule has 0 aliphatic carbocycles. The van der Waals surface area contributed by atoms with Gasteiger partial charge in [0.2, 0.25) is 6.79 Å². The summed E-state index contributed by atoms with van der Waals surface area (Å²) in [5.74, 6) is 0.870. The molecule has 3 aromatic carbocycles. The number of aryl methyl sites for hydroxylation is 1. The fraction of sp³-hybridized carbons (Fsp3) is 0.125. The summed E-state index contributed by atoms with van der Waals surface area (Å²) in [5.41, 5.74) is 4.98. The van der Waals surface area contributed by atoms with E-state index in [4.69, 9.17) is 18.9 Å². The summed E-state index contributed by atoms with van der Waals surface area (Å²) in [4.78, 5) is 24.6. The predicted molar refractivity (Wildman–Crippen MR) is 117 cm³/mol. The van der Waals surface area contributed by atoms with Crippen LogP contribution in [-0.4, -0.2) is 32.0 Å². The van der Waals surface area contributed by atoms with Gasteiger partial charge in [0.15, 0.2) is 23.0 Å². The number of hydrogen-bond acceptors (Lipinski definition) is 7. The third-order valence-electron chi connectivity index (χ3n) is 4.69. The van der Waals surface area contributed by atoms with Crippen molar-refractivity contribution in [2.24, 2.45) is 5.10 Å². The molecule has 32 heavy (non-hydrogen) atoms. The lowest BCUT2D eigenvalue weighted by Crippen LogP contribution is -2.17. The van der Waals surface area contributed by atoms with Gasteiger partial charge in [0.05, 0.1) is 18.9 Å². The van der Waals surface area contributed by atoms with Crippen LogP contribution in [0.25, 0.3) is 0 Å². The number of fused-ring (bicyclic) bond motifs is 1. The van der Waals surface area contributed by atoms with Crippen LogP contribution in [0.4, 0.5) is 0 Å². The number of carbonyl (C=O) groups excluding carboxylic acids is 2. The minimum atomic E-state index is -0.485. The zero-order valence-electron chi connectivity index (χ0n) is 17.5. The molecule has 0 saturated carbocycles. The number of esters is 1. The van der Waals surface area contributed by atoms with Crippen molar-refractivity contribution in [2.45, 2.75) is 6.92 Å². The summed E-state index contributed by atoms with van der Waals surface area (Å²) in [6, 6.07) is 16.9. The fourth-order valence-corrected chi connectivity index (χ4v) is 2.97. The Morgan fingerprint density at radius 3 is 2.47 bits per heavy atom. The number of rotatable bonds is 6. The lowest BCUT2D eigenvalue weighted by atomic mass is 10.1. The number of carbonyl (C=O) groups is 2. The Kier molecular flexibility index (Phi) is 6.03. The van der Waals surface area contributed by atoms with Crippen molar-refractivity contribution in [3.05, 3.63) is 82.9 Å². The fourth-order valence-electron chi connectivity index (χ4n) is 2.97. The molecule has 8 nitrogen and oxygen atoms in total. The summed E-state index contributed by atoms with van der Waals surface area (Å²) in [5, 5.41) is 3.97. The number of nitrogens with one attached hydrogen (secondary N) is 1. The molecule has 0 atom stereocenters. The highest BCUT2D eigenvalue weighted by molar-refractivity contribution is 5.95. The van der Waals surface area contributed by atoms with Gasteiger partial charge >= 0.3 is 5.97 Å². The maximum Gasteiger partial charge on any atom is 0.343 e. The zero-order valence-corrected chi connectivity index (χ0v) is 17.5. The molecule has 1 amide bonds. The summed E-state index contributed by atoms with van der Waals surface area (Å²) >= 11 is 0. The minimum absolute atomic E-state index is 0.136. The van der Waals surface area contributed by atoms with Crippen LogP contribution < -0.4 is 24.4 Å². The van der Waals surface area contributed by atoms with Crippen molar-refractivity contribution >= 4 is 18.1 Å². The van der Waals surface area contributed by atoms with E-state index < -0.39 is 11.9 Å². The molecule has 0 aromatic heterocycles. The summed E-state index contributed by atoms with van der Waals surface area (Å²) in [6.45, 7) is 2.08. The Morgan fingerprint density at radius 2 is 1.69 bits per heavy atom. The molecule has 1 aliphatic heterocycles. The third-order valence-corrected chi connectivity index (χ3v) is 4.69. The van der Waals surface area contributed by atoms with Crippen molar-refractivity contribution in [1.29, 1.82) is 0 Å². The average Bonchev–Trinajstić information content (AvgIpc) is 3.28. The number of ether oxygens (including phenoxy) is 4. The minimum Gasteiger partial charge on any atom is -0.493 e. The number of methoxy groups -OCH3 is 1. The number of amides is 1. The van der Waals surface area contributed by atoms with Crippen molar-refractivity contribution in [2.75, 3.05) is 13.9 Å². The number of hydrogen-bond donors (Lipinski definition) is 1. The summed E-state index contributed by atoms with van der Waals surface area (Å²) in [7, 11) is 1.47. The zero-order chi connectivity index (χ0) is 22.5. The first-order valence-corrected chi connectivity index (χ1v) is 9.73. The van der Waals surface area contributed by atoms with Crippen LogP contribution in [0.15, 0.2) is 65.8 Å². The van der Waals surface area contributed by atoms with Crippen molar-refractivity contribution < 1.29 is 28.5 Å². The lowest BCUT2D eigenvalue weighted by Gasteiger charge is -2.10. The van der Waals surface area contributed by atoms with E-state index in [0.29, 0.717) is 33.9 Å². The van der Waals surface area contributed by atoms with Gasteiger partial charge in [0.1, 0.15) is 0 Å². The van der Waals surface area contributed by atoms with Gasteiger partial charge in [0.25, 0.3) is 5.91 Å². The Morgan fingerprint density at radius 1 is 0.938 bits per heavy atom. The SMILES string of the molecule is COc1cc(/C=N/NC(=O)c2ccc3c(c2)OCO3)ccc1OC(=O)c1ccc(C)cc1. The second-order valence-corrected chi connectivity index (χ2v) is 6.93. The largest absolute Gasteiger partial charge is 0.493 e. The van der Waals surface area contributed by atoms with Gasteiger partial charge in [-0.2, -0.15) is 5.10 Å². The van der Waals surface area contributed by atoms with Crippen LogP contribution in [0.1, 0.15) is 31.8 Å². The predicted octanol–water partition coefficient (Wildman–Crippen LogP) is 3.72. The van der Waals surface area contributed by atoms with Gasteiger partial charge in [-0.25, -0.2) is 10.2 Å². The topological polar surface area (TPSA) is 95.5 Å². The van der Waals surface area contributed by atoms with Crippen molar-refractivity contribution in [3.63, 3.8) is 0 Å². The molecule has 1 aliphatic rings. The van der Waals surface area contributed by atoms with E-state index in [1.807, 2.05) is 19.1 Å². The smallest absolute Gasteiger partial charge is 0.343 e. The van der Waals surface area contributed by atoms with E-state index in [1.54, 1.807) is 48.5 Å². The Hall–Kier alpha value is -4.33. The van der Waals surface area contributed by atoms with Crippen LogP contribution in [0.2, 0.25) is 0 Å². The van der Waals surface area contributed by atoms with E-state index >= 15 is 0 Å². The maximum atomic E-state index is 12.4. The molecule has 8 heteroatoms. The Labute approximate surface area is 184 Å². The van der Waals surface area contributed by atoms with Crippen molar-refractivity contribution in [1.82, 2.24) is 5.43 Å². The quantitative estimate of drug-likeness (QED) is 0.276. The molecule has 162 valence electrons. The highest BCUT2D eigenvalue weighted by Gasteiger charge is 2.16. The molecule has 4 rings (SSSR count). The van der Waals surface area contributed by atoms with Gasteiger partial charge < -0.3 is 18.9 Å². The van der Waals surface area contributed by atoms with Gasteiger partial charge in [-0.3, -0.25) is 4.79 Å². The van der Waals surface area contributed by atoms with E-state index in [-0.39, 0.29) is 12.5 Å². The Bertz CT molecular complexity index is 1190. The van der Waals surface area contributed by atoms with E-state index in [0.717, 1.165) is 5.56 Å². The second-order valence-electron chi connectivity index (χ2n) is 6.93. The number of benzene rings is 3. The van der Waals surface area contributed by atoms with E-state index in [9.17, 15) is 9.59 Å². The standard InChI is InChI=1S/C24H20N2O6/c1-15-3-6-17(7-4-15)24(28)32-20-9-5-16(11-21(20)29-2)13-25-26-23(27)18-8-10-19-22(12-18)31-14-30-19/h3-13H,14H2,1-2H3,(H,26,27)/b25-13+. The van der Waals surface area contributed by atoms with Gasteiger partial charge in [-0.05, 0) is 61.0 Å². The molecule has 0 bridgehead atoms. The molecular weight excluding hydrogens is 412 g/mol. The second kappa shape index (κ2) is 9.22. The molecule has 0 fully saturated rings. The highest BCUT2D eigenvalue weighted by Crippen LogP contribution is 2.32. The molecular formula is C24H20N2O6. The number of nitrogens with zero attached hydrogens (tertiary/aromatic N) is 1. The summed E-state index contributed by atoms with van der Waals surface area (Å²) in [6.07, 6.45) is 1.46. The molecule has 3 aromatic rings. The third kappa shape index (κ3) is 4.70. The molecule has 1 N–H and O–H groups in total. The molecule has 0 radical (unpaired) electrons. The first-order chi connectivity index (χ1) is 15.5. The average molecular weight is 432 g/mol. The highest BCUT2D eigenvalue weighted by atomic mass is 16.7. The summed E-state index contributed by atoms with van der Waals surface area (Å²) < 4.78 is 21.3. The molecule has 0 saturated heterocycles. The van der Waals surface area contributed by atoms with Crippen LogP contribution >= 0.6 is 0 Å². The Balaban J connectivity index is 1.41. The van der Waals surface area contributed by atoms with Crippen LogP contribution in [0.3, 0.4) is 0 Å². The normalized spacial score (nSPS) is 11.9. The monoisotopic (exact) mass is 432 g/mol. The lowest BCUT2D eigenvalue weighted by molar-refractivity contribution is 0.0729. The molecule has 1 heterocycles. The van der Waals surface area contributed by atoms with Gasteiger partial charge in [-0.1, -0.05) is 17.7 Å². The van der Waals surface area contributed by atoms with E-state index in [2.05, 4.69) is 10.5 Å². The maximum absolute atomic E-state index is 12.4.